The Labute approximate surface area is 118 Å². The maximum Gasteiger partial charge on any atom is 0.240 e. The van der Waals surface area contributed by atoms with Gasteiger partial charge in [-0.1, -0.05) is 12.1 Å². The van der Waals surface area contributed by atoms with E-state index in [2.05, 4.69) is 4.72 Å². The van der Waals surface area contributed by atoms with Crippen molar-refractivity contribution in [3.63, 3.8) is 0 Å². The second kappa shape index (κ2) is 5.78. The number of nitrogens with one attached hydrogen (secondary N) is 1. The highest BCUT2D eigenvalue weighted by molar-refractivity contribution is 7.89. The fourth-order valence-corrected chi connectivity index (χ4v) is 2.77. The third-order valence-electron chi connectivity index (χ3n) is 2.95. The van der Waals surface area contributed by atoms with Crippen molar-refractivity contribution in [1.29, 1.82) is 0 Å². The Hall–Kier alpha value is -1.63. The summed E-state index contributed by atoms with van der Waals surface area (Å²) in [5, 5.41) is 0. The molecule has 0 saturated carbocycles. The van der Waals surface area contributed by atoms with Gasteiger partial charge in [0, 0.05) is 6.04 Å². The van der Waals surface area contributed by atoms with Gasteiger partial charge in [0.15, 0.2) is 0 Å². The van der Waals surface area contributed by atoms with Crippen LogP contribution in [0.5, 0.6) is 0 Å². The third-order valence-corrected chi connectivity index (χ3v) is 4.37. The molecule has 1 atom stereocenters. The molecule has 6 heteroatoms. The van der Waals surface area contributed by atoms with E-state index in [-0.39, 0.29) is 17.5 Å². The summed E-state index contributed by atoms with van der Waals surface area (Å²) < 4.78 is 32.0. The van der Waals surface area contributed by atoms with Crippen molar-refractivity contribution in [2.24, 2.45) is 5.73 Å². The summed E-state index contributed by atoms with van der Waals surface area (Å²) in [6, 6.07) is 9.96. The Bertz CT molecular complexity index is 673. The van der Waals surface area contributed by atoms with Gasteiger partial charge in [0.05, 0.1) is 11.4 Å². The fourth-order valence-electron chi connectivity index (χ4n) is 1.78. The SMILES string of the molecule is Cc1ccc(CNS(=O)(=O)c2ccc(C(C)N)cc2)o1. The summed E-state index contributed by atoms with van der Waals surface area (Å²) in [5.74, 6) is 1.33. The Morgan fingerprint density at radius 3 is 2.35 bits per heavy atom. The third kappa shape index (κ3) is 3.47. The molecular formula is C14H18N2O3S. The number of benzene rings is 1. The van der Waals surface area contributed by atoms with E-state index in [1.165, 1.54) is 0 Å². The largest absolute Gasteiger partial charge is 0.465 e. The maximum absolute atomic E-state index is 12.1. The molecule has 0 aliphatic heterocycles. The zero-order valence-corrected chi connectivity index (χ0v) is 12.3. The highest BCUT2D eigenvalue weighted by atomic mass is 32.2. The van der Waals surface area contributed by atoms with Crippen molar-refractivity contribution >= 4 is 10.0 Å². The molecule has 108 valence electrons. The maximum atomic E-state index is 12.1. The van der Waals surface area contributed by atoms with Crippen LogP contribution in [0.25, 0.3) is 0 Å². The average Bonchev–Trinajstić information content (AvgIpc) is 2.82. The van der Waals surface area contributed by atoms with Crippen molar-refractivity contribution in [3.8, 4) is 0 Å². The molecule has 0 bridgehead atoms. The predicted octanol–water partition coefficient (Wildman–Crippen LogP) is 2.09. The van der Waals surface area contributed by atoms with E-state index in [0.717, 1.165) is 11.3 Å². The molecule has 0 aliphatic carbocycles. The number of hydrogen-bond acceptors (Lipinski definition) is 4. The number of rotatable bonds is 5. The molecule has 0 fully saturated rings. The highest BCUT2D eigenvalue weighted by Crippen LogP contribution is 2.15. The summed E-state index contributed by atoms with van der Waals surface area (Å²) in [7, 11) is -3.54. The van der Waals surface area contributed by atoms with Gasteiger partial charge in [-0.3, -0.25) is 0 Å². The van der Waals surface area contributed by atoms with Crippen LogP contribution in [0.2, 0.25) is 0 Å². The number of furan rings is 1. The van der Waals surface area contributed by atoms with Crippen molar-refractivity contribution < 1.29 is 12.8 Å². The van der Waals surface area contributed by atoms with Gasteiger partial charge in [-0.15, -0.1) is 0 Å². The Kier molecular flexibility index (Phi) is 4.27. The number of sulfonamides is 1. The molecule has 1 aromatic carbocycles. The summed E-state index contributed by atoms with van der Waals surface area (Å²) >= 11 is 0. The second-order valence-corrected chi connectivity index (χ2v) is 6.46. The number of aryl methyl sites for hydroxylation is 1. The molecule has 0 spiro atoms. The van der Waals surface area contributed by atoms with Gasteiger partial charge in [0.1, 0.15) is 11.5 Å². The molecule has 1 unspecified atom stereocenters. The Balaban J connectivity index is 2.09. The minimum Gasteiger partial charge on any atom is -0.465 e. The normalized spacial score (nSPS) is 13.3. The first-order valence-electron chi connectivity index (χ1n) is 6.29. The Morgan fingerprint density at radius 1 is 1.20 bits per heavy atom. The van der Waals surface area contributed by atoms with Crippen LogP contribution < -0.4 is 10.5 Å². The lowest BCUT2D eigenvalue weighted by Gasteiger charge is -2.08. The lowest BCUT2D eigenvalue weighted by molar-refractivity contribution is 0.475. The number of hydrogen-bond donors (Lipinski definition) is 2. The van der Waals surface area contributed by atoms with Crippen LogP contribution in [0, 0.1) is 6.92 Å². The van der Waals surface area contributed by atoms with E-state index in [9.17, 15) is 8.42 Å². The quantitative estimate of drug-likeness (QED) is 0.884. The first-order chi connectivity index (χ1) is 9.38. The summed E-state index contributed by atoms with van der Waals surface area (Å²) in [6.45, 7) is 3.79. The average molecular weight is 294 g/mol. The van der Waals surface area contributed by atoms with Crippen molar-refractivity contribution in [2.75, 3.05) is 0 Å². The Morgan fingerprint density at radius 2 is 1.85 bits per heavy atom. The standard InChI is InChI=1S/C14H18N2O3S/c1-10-3-6-13(19-10)9-16-20(17,18)14-7-4-12(5-8-14)11(2)15/h3-8,11,16H,9,15H2,1-2H3. The van der Waals surface area contributed by atoms with Crippen molar-refractivity contribution in [2.45, 2.75) is 31.3 Å². The predicted molar refractivity (Wildman–Crippen MR) is 76.5 cm³/mol. The van der Waals surface area contributed by atoms with Crippen LogP contribution in [0.15, 0.2) is 45.7 Å². The molecule has 1 aromatic heterocycles. The van der Waals surface area contributed by atoms with Gasteiger partial charge in [0.2, 0.25) is 10.0 Å². The monoisotopic (exact) mass is 294 g/mol. The smallest absolute Gasteiger partial charge is 0.240 e. The molecule has 0 aliphatic rings. The minimum absolute atomic E-state index is 0.120. The molecule has 20 heavy (non-hydrogen) atoms. The van der Waals surface area contributed by atoms with Gasteiger partial charge in [-0.2, -0.15) is 0 Å². The van der Waals surface area contributed by atoms with E-state index >= 15 is 0 Å². The van der Waals surface area contributed by atoms with Crippen LogP contribution in [-0.2, 0) is 16.6 Å². The lowest BCUT2D eigenvalue weighted by Crippen LogP contribution is -2.23. The molecule has 0 radical (unpaired) electrons. The zero-order chi connectivity index (χ0) is 14.8. The van der Waals surface area contributed by atoms with Gasteiger partial charge in [-0.05, 0) is 43.7 Å². The lowest BCUT2D eigenvalue weighted by atomic mass is 10.1. The van der Waals surface area contributed by atoms with Gasteiger partial charge in [-0.25, -0.2) is 13.1 Å². The molecule has 2 aromatic rings. The van der Waals surface area contributed by atoms with Crippen LogP contribution in [-0.4, -0.2) is 8.42 Å². The first kappa shape index (κ1) is 14.8. The van der Waals surface area contributed by atoms with Crippen molar-refractivity contribution in [3.05, 3.63) is 53.5 Å². The molecule has 3 N–H and O–H groups in total. The zero-order valence-electron chi connectivity index (χ0n) is 11.5. The fraction of sp³-hybridized carbons (Fsp3) is 0.286. The first-order valence-corrected chi connectivity index (χ1v) is 7.77. The van der Waals surface area contributed by atoms with Crippen LogP contribution in [0.1, 0.15) is 30.0 Å². The van der Waals surface area contributed by atoms with Crippen LogP contribution in [0.4, 0.5) is 0 Å². The minimum atomic E-state index is -3.54. The molecule has 5 nitrogen and oxygen atoms in total. The van der Waals surface area contributed by atoms with E-state index in [1.54, 1.807) is 36.4 Å². The molecule has 0 amide bonds. The van der Waals surface area contributed by atoms with Crippen molar-refractivity contribution in [1.82, 2.24) is 4.72 Å². The van der Waals surface area contributed by atoms with Gasteiger partial charge in [0.25, 0.3) is 0 Å². The van der Waals surface area contributed by atoms with E-state index in [4.69, 9.17) is 10.2 Å². The van der Waals surface area contributed by atoms with Gasteiger partial charge < -0.3 is 10.2 Å². The summed E-state index contributed by atoms with van der Waals surface area (Å²) in [4.78, 5) is 0.213. The van der Waals surface area contributed by atoms with Crippen LogP contribution in [0.3, 0.4) is 0 Å². The summed E-state index contributed by atoms with van der Waals surface area (Å²) in [5.41, 5.74) is 6.63. The van der Waals surface area contributed by atoms with E-state index in [0.29, 0.717) is 5.76 Å². The molecular weight excluding hydrogens is 276 g/mol. The van der Waals surface area contributed by atoms with E-state index < -0.39 is 10.0 Å². The second-order valence-electron chi connectivity index (χ2n) is 4.69. The molecule has 1 heterocycles. The van der Waals surface area contributed by atoms with Gasteiger partial charge >= 0.3 is 0 Å². The van der Waals surface area contributed by atoms with Crippen LogP contribution >= 0.6 is 0 Å². The molecule has 0 saturated heterocycles. The summed E-state index contributed by atoms with van der Waals surface area (Å²) in [6.07, 6.45) is 0. The topological polar surface area (TPSA) is 85.3 Å². The van der Waals surface area contributed by atoms with E-state index in [1.807, 2.05) is 13.8 Å². The highest BCUT2D eigenvalue weighted by Gasteiger charge is 2.14. The molecule has 2 rings (SSSR count). The number of nitrogens with two attached hydrogens (primary N) is 1.